The third kappa shape index (κ3) is 4.15. The first kappa shape index (κ1) is 16.2. The Labute approximate surface area is 126 Å². The van der Waals surface area contributed by atoms with Crippen molar-refractivity contribution in [2.24, 2.45) is 0 Å². The molecule has 0 radical (unpaired) electrons. The molecule has 21 heavy (non-hydrogen) atoms. The number of para-hydroxylation sites is 1. The molecular weight excluding hydrogens is 269 g/mol. The summed E-state index contributed by atoms with van der Waals surface area (Å²) in [7, 11) is 0. The lowest BCUT2D eigenvalue weighted by atomic mass is 10.0. The Balaban J connectivity index is 1.90. The Morgan fingerprint density at radius 2 is 1.90 bits per heavy atom. The summed E-state index contributed by atoms with van der Waals surface area (Å²) in [5, 5.41) is 12.9. The van der Waals surface area contributed by atoms with Crippen LogP contribution in [0.1, 0.15) is 13.8 Å². The molecule has 1 heterocycles. The Kier molecular flexibility index (Phi) is 5.56. The lowest BCUT2D eigenvalue weighted by molar-refractivity contribution is 0.117. The molecule has 118 valence electrons. The predicted molar refractivity (Wildman–Crippen MR) is 84.2 cm³/mol. The second kappa shape index (κ2) is 7.20. The first-order chi connectivity index (χ1) is 10.1. The highest BCUT2D eigenvalue weighted by Crippen LogP contribution is 2.20. The molecule has 0 amide bonds. The van der Waals surface area contributed by atoms with Crippen LogP contribution < -0.4 is 10.2 Å². The van der Waals surface area contributed by atoms with E-state index in [-0.39, 0.29) is 18.0 Å². The fourth-order valence-corrected chi connectivity index (χ4v) is 2.94. The van der Waals surface area contributed by atoms with Crippen molar-refractivity contribution < 1.29 is 9.50 Å². The number of aliphatic hydroxyl groups excluding tert-OH is 1. The van der Waals surface area contributed by atoms with E-state index in [9.17, 15) is 9.50 Å². The van der Waals surface area contributed by atoms with Crippen LogP contribution in [0.2, 0.25) is 0 Å². The van der Waals surface area contributed by atoms with Crippen LogP contribution in [0.5, 0.6) is 0 Å². The SMILES string of the molecule is CCNC(C)(CO)CN1CCN(c2ccccc2F)CC1. The molecule has 1 fully saturated rings. The third-order valence-corrected chi connectivity index (χ3v) is 4.09. The minimum atomic E-state index is -0.269. The van der Waals surface area contributed by atoms with Gasteiger partial charge in [-0.05, 0) is 25.6 Å². The molecular formula is C16H26FN3O. The smallest absolute Gasteiger partial charge is 0.146 e. The van der Waals surface area contributed by atoms with Crippen molar-refractivity contribution >= 4 is 5.69 Å². The predicted octanol–water partition coefficient (Wildman–Crippen LogP) is 1.31. The fraction of sp³-hybridized carbons (Fsp3) is 0.625. The normalized spacial score (nSPS) is 19.5. The molecule has 1 aliphatic rings. The van der Waals surface area contributed by atoms with E-state index in [0.29, 0.717) is 5.69 Å². The van der Waals surface area contributed by atoms with E-state index in [2.05, 4.69) is 15.1 Å². The highest BCUT2D eigenvalue weighted by Gasteiger charge is 2.27. The molecule has 5 heteroatoms. The molecule has 0 bridgehead atoms. The fourth-order valence-electron chi connectivity index (χ4n) is 2.94. The maximum absolute atomic E-state index is 13.8. The second-order valence-electron chi connectivity index (χ2n) is 5.96. The van der Waals surface area contributed by atoms with Crippen LogP contribution in [0.3, 0.4) is 0 Å². The molecule has 0 aliphatic carbocycles. The molecule has 1 aromatic carbocycles. The Hall–Kier alpha value is -1.17. The number of rotatable bonds is 6. The number of nitrogens with one attached hydrogen (secondary N) is 1. The van der Waals surface area contributed by atoms with Gasteiger partial charge in [-0.25, -0.2) is 4.39 Å². The Morgan fingerprint density at radius 3 is 2.48 bits per heavy atom. The quantitative estimate of drug-likeness (QED) is 0.830. The van der Waals surface area contributed by atoms with Gasteiger partial charge in [-0.15, -0.1) is 0 Å². The van der Waals surface area contributed by atoms with Gasteiger partial charge in [0.1, 0.15) is 5.82 Å². The van der Waals surface area contributed by atoms with Gasteiger partial charge in [0.25, 0.3) is 0 Å². The maximum atomic E-state index is 13.8. The average molecular weight is 295 g/mol. The van der Waals surface area contributed by atoms with E-state index in [1.807, 2.05) is 26.0 Å². The van der Waals surface area contributed by atoms with Crippen LogP contribution in [-0.2, 0) is 0 Å². The van der Waals surface area contributed by atoms with E-state index >= 15 is 0 Å². The van der Waals surface area contributed by atoms with Crippen molar-refractivity contribution in [2.75, 3.05) is 50.8 Å². The average Bonchev–Trinajstić information content (AvgIpc) is 2.49. The van der Waals surface area contributed by atoms with Gasteiger partial charge in [0.05, 0.1) is 17.8 Å². The molecule has 0 spiro atoms. The maximum Gasteiger partial charge on any atom is 0.146 e. The van der Waals surface area contributed by atoms with Crippen molar-refractivity contribution in [3.05, 3.63) is 30.1 Å². The molecule has 0 aromatic heterocycles. The van der Waals surface area contributed by atoms with Crippen molar-refractivity contribution in [1.82, 2.24) is 10.2 Å². The van der Waals surface area contributed by atoms with Gasteiger partial charge < -0.3 is 15.3 Å². The highest BCUT2D eigenvalue weighted by atomic mass is 19.1. The highest BCUT2D eigenvalue weighted by molar-refractivity contribution is 5.47. The van der Waals surface area contributed by atoms with Crippen molar-refractivity contribution in [2.45, 2.75) is 19.4 Å². The van der Waals surface area contributed by atoms with Gasteiger partial charge in [0.15, 0.2) is 0 Å². The van der Waals surface area contributed by atoms with Gasteiger partial charge in [0.2, 0.25) is 0 Å². The van der Waals surface area contributed by atoms with Crippen LogP contribution in [0, 0.1) is 5.82 Å². The summed E-state index contributed by atoms with van der Waals surface area (Å²) < 4.78 is 13.8. The van der Waals surface area contributed by atoms with Crippen LogP contribution in [0.25, 0.3) is 0 Å². The lowest BCUT2D eigenvalue weighted by Crippen LogP contribution is -2.57. The number of piperazine rings is 1. The van der Waals surface area contributed by atoms with E-state index in [0.717, 1.165) is 39.3 Å². The Morgan fingerprint density at radius 1 is 1.24 bits per heavy atom. The molecule has 0 saturated carbocycles. The van der Waals surface area contributed by atoms with Crippen LogP contribution in [0.15, 0.2) is 24.3 Å². The summed E-state index contributed by atoms with van der Waals surface area (Å²) in [4.78, 5) is 4.42. The summed E-state index contributed by atoms with van der Waals surface area (Å²) >= 11 is 0. The summed E-state index contributed by atoms with van der Waals surface area (Å²) in [6, 6.07) is 6.94. The molecule has 1 saturated heterocycles. The van der Waals surface area contributed by atoms with Crippen molar-refractivity contribution in [1.29, 1.82) is 0 Å². The number of halogens is 1. The Bertz CT molecular complexity index is 449. The number of hydrogen-bond acceptors (Lipinski definition) is 4. The number of aliphatic hydroxyl groups is 1. The number of nitrogens with zero attached hydrogens (tertiary/aromatic N) is 2. The van der Waals surface area contributed by atoms with Crippen molar-refractivity contribution in [3.8, 4) is 0 Å². The molecule has 1 aliphatic heterocycles. The van der Waals surface area contributed by atoms with Gasteiger partial charge in [-0.2, -0.15) is 0 Å². The molecule has 1 aromatic rings. The zero-order valence-electron chi connectivity index (χ0n) is 13.0. The van der Waals surface area contributed by atoms with Crippen molar-refractivity contribution in [3.63, 3.8) is 0 Å². The lowest BCUT2D eigenvalue weighted by Gasteiger charge is -2.40. The minimum Gasteiger partial charge on any atom is -0.394 e. The molecule has 1 unspecified atom stereocenters. The third-order valence-electron chi connectivity index (χ3n) is 4.09. The van der Waals surface area contributed by atoms with Crippen LogP contribution >= 0.6 is 0 Å². The van der Waals surface area contributed by atoms with E-state index in [4.69, 9.17) is 0 Å². The van der Waals surface area contributed by atoms with E-state index in [1.54, 1.807) is 6.07 Å². The van der Waals surface area contributed by atoms with Crippen LogP contribution in [-0.4, -0.2) is 61.4 Å². The first-order valence-corrected chi connectivity index (χ1v) is 7.66. The van der Waals surface area contributed by atoms with Gasteiger partial charge in [-0.3, -0.25) is 4.90 Å². The zero-order chi connectivity index (χ0) is 15.3. The van der Waals surface area contributed by atoms with Crippen LogP contribution in [0.4, 0.5) is 10.1 Å². The minimum absolute atomic E-state index is 0.119. The molecule has 2 rings (SSSR count). The van der Waals surface area contributed by atoms with E-state index < -0.39 is 0 Å². The molecule has 1 atom stereocenters. The summed E-state index contributed by atoms with van der Waals surface area (Å²) in [6.45, 7) is 9.25. The molecule has 2 N–H and O–H groups in total. The monoisotopic (exact) mass is 295 g/mol. The number of anilines is 1. The number of benzene rings is 1. The largest absolute Gasteiger partial charge is 0.394 e. The topological polar surface area (TPSA) is 38.7 Å². The summed E-state index contributed by atoms with van der Waals surface area (Å²) in [5.74, 6) is -0.154. The van der Waals surface area contributed by atoms with Gasteiger partial charge >= 0.3 is 0 Å². The second-order valence-corrected chi connectivity index (χ2v) is 5.96. The number of likely N-dealkylation sites (N-methyl/N-ethyl adjacent to an activating group) is 1. The zero-order valence-corrected chi connectivity index (χ0v) is 13.0. The molecule has 4 nitrogen and oxygen atoms in total. The first-order valence-electron chi connectivity index (χ1n) is 7.66. The van der Waals surface area contributed by atoms with Gasteiger partial charge in [0, 0.05) is 32.7 Å². The summed E-state index contributed by atoms with van der Waals surface area (Å²) in [5.41, 5.74) is 0.420. The standard InChI is InChI=1S/C16H26FN3O/c1-3-18-16(2,13-21)12-19-8-10-20(11-9-19)15-7-5-4-6-14(15)17/h4-7,18,21H,3,8-13H2,1-2H3. The van der Waals surface area contributed by atoms with E-state index in [1.165, 1.54) is 6.07 Å². The number of hydrogen-bond donors (Lipinski definition) is 2. The summed E-state index contributed by atoms with van der Waals surface area (Å²) in [6.07, 6.45) is 0. The van der Waals surface area contributed by atoms with Gasteiger partial charge in [-0.1, -0.05) is 19.1 Å².